The van der Waals surface area contributed by atoms with Gasteiger partial charge in [-0.15, -0.1) is 0 Å². The fourth-order valence-electron chi connectivity index (χ4n) is 2.77. The average Bonchev–Trinajstić information content (AvgIpc) is 2.81. The van der Waals surface area contributed by atoms with E-state index in [-0.39, 0.29) is 5.91 Å². The zero-order chi connectivity index (χ0) is 21.7. The van der Waals surface area contributed by atoms with E-state index >= 15 is 0 Å². The molecular formula is C25H27NO5. The molecule has 3 aromatic carbocycles. The first kappa shape index (κ1) is 22.2. The summed E-state index contributed by atoms with van der Waals surface area (Å²) in [6.45, 7) is 4.44. The van der Waals surface area contributed by atoms with Gasteiger partial charge in [0.15, 0.2) is 0 Å². The number of carbonyl (C=O) groups is 1. The smallest absolute Gasteiger partial charge is 0.255 e. The van der Waals surface area contributed by atoms with Crippen molar-refractivity contribution in [3.05, 3.63) is 84.4 Å². The molecule has 0 saturated carbocycles. The van der Waals surface area contributed by atoms with E-state index in [2.05, 4.69) is 5.32 Å². The summed E-state index contributed by atoms with van der Waals surface area (Å²) in [7, 11) is 0. The summed E-state index contributed by atoms with van der Waals surface area (Å²) in [4.78, 5) is 12.5. The summed E-state index contributed by atoms with van der Waals surface area (Å²) in [5.74, 6) is 1.96. The van der Waals surface area contributed by atoms with Crippen LogP contribution >= 0.6 is 0 Å². The first-order valence-corrected chi connectivity index (χ1v) is 10.3. The molecule has 0 unspecified atom stereocenters. The predicted octanol–water partition coefficient (Wildman–Crippen LogP) is 4.81. The maximum absolute atomic E-state index is 12.5. The van der Waals surface area contributed by atoms with Crippen molar-refractivity contribution >= 4 is 11.6 Å². The SMILES string of the molecule is CCOCCOc1cccc(NC(=O)c2ccc(OCCOc3ccccc3)cc2)c1. The van der Waals surface area contributed by atoms with Crippen molar-refractivity contribution in [1.82, 2.24) is 0 Å². The van der Waals surface area contributed by atoms with Crippen LogP contribution in [0.25, 0.3) is 0 Å². The van der Waals surface area contributed by atoms with E-state index in [1.54, 1.807) is 30.3 Å². The van der Waals surface area contributed by atoms with Crippen LogP contribution in [0, 0.1) is 0 Å². The molecule has 0 fully saturated rings. The number of rotatable bonds is 12. The molecule has 162 valence electrons. The van der Waals surface area contributed by atoms with Gasteiger partial charge in [0.25, 0.3) is 5.91 Å². The third-order valence-corrected chi connectivity index (χ3v) is 4.27. The Balaban J connectivity index is 1.44. The Morgan fingerprint density at radius 3 is 2.03 bits per heavy atom. The first-order valence-electron chi connectivity index (χ1n) is 10.3. The second-order valence-corrected chi connectivity index (χ2v) is 6.56. The number of benzene rings is 3. The molecule has 0 aromatic heterocycles. The van der Waals surface area contributed by atoms with Crippen molar-refractivity contribution in [2.45, 2.75) is 6.92 Å². The number of ether oxygens (including phenoxy) is 4. The van der Waals surface area contributed by atoms with Gasteiger partial charge in [-0.2, -0.15) is 0 Å². The van der Waals surface area contributed by atoms with Crippen LogP contribution in [0.15, 0.2) is 78.9 Å². The van der Waals surface area contributed by atoms with Gasteiger partial charge in [-0.05, 0) is 55.5 Å². The van der Waals surface area contributed by atoms with Crippen molar-refractivity contribution < 1.29 is 23.7 Å². The highest BCUT2D eigenvalue weighted by atomic mass is 16.5. The zero-order valence-electron chi connectivity index (χ0n) is 17.6. The Bertz CT molecular complexity index is 928. The molecule has 1 amide bonds. The lowest BCUT2D eigenvalue weighted by Crippen LogP contribution is -2.12. The van der Waals surface area contributed by atoms with Crippen molar-refractivity contribution in [1.29, 1.82) is 0 Å². The normalized spacial score (nSPS) is 10.4. The summed E-state index contributed by atoms with van der Waals surface area (Å²) >= 11 is 0. The molecular weight excluding hydrogens is 394 g/mol. The van der Waals surface area contributed by atoms with Crippen LogP contribution in [0.2, 0.25) is 0 Å². The largest absolute Gasteiger partial charge is 0.491 e. The van der Waals surface area contributed by atoms with Crippen LogP contribution in [0.3, 0.4) is 0 Å². The fourth-order valence-corrected chi connectivity index (χ4v) is 2.77. The molecule has 6 nitrogen and oxygen atoms in total. The topological polar surface area (TPSA) is 66.0 Å². The standard InChI is InChI=1S/C25H27NO5/c1-2-28-15-16-31-24-10-6-7-21(19-24)26-25(27)20-11-13-23(14-12-20)30-18-17-29-22-8-4-3-5-9-22/h3-14,19H,2,15-18H2,1H3,(H,26,27). The van der Waals surface area contributed by atoms with E-state index in [0.717, 1.165) is 5.75 Å². The number of para-hydroxylation sites is 1. The van der Waals surface area contributed by atoms with Crippen LogP contribution in [0.5, 0.6) is 17.2 Å². The molecule has 0 aliphatic rings. The maximum atomic E-state index is 12.5. The lowest BCUT2D eigenvalue weighted by molar-refractivity contribution is 0.102. The Morgan fingerprint density at radius 1 is 0.710 bits per heavy atom. The number of carbonyl (C=O) groups excluding carboxylic acids is 1. The van der Waals surface area contributed by atoms with Gasteiger partial charge in [-0.1, -0.05) is 24.3 Å². The summed E-state index contributed by atoms with van der Waals surface area (Å²) < 4.78 is 22.1. The maximum Gasteiger partial charge on any atom is 0.255 e. The molecule has 0 aliphatic carbocycles. The molecule has 31 heavy (non-hydrogen) atoms. The number of nitrogens with one attached hydrogen (secondary N) is 1. The third-order valence-electron chi connectivity index (χ3n) is 4.27. The Kier molecular flexibility index (Phi) is 8.76. The van der Waals surface area contributed by atoms with E-state index < -0.39 is 0 Å². The average molecular weight is 421 g/mol. The minimum atomic E-state index is -0.203. The monoisotopic (exact) mass is 421 g/mol. The van der Waals surface area contributed by atoms with Gasteiger partial charge in [-0.3, -0.25) is 4.79 Å². The summed E-state index contributed by atoms with van der Waals surface area (Å²) in [5, 5.41) is 2.88. The zero-order valence-corrected chi connectivity index (χ0v) is 17.6. The highest BCUT2D eigenvalue weighted by Crippen LogP contribution is 2.19. The molecule has 0 atom stereocenters. The molecule has 6 heteroatoms. The predicted molar refractivity (Wildman–Crippen MR) is 120 cm³/mol. The fraction of sp³-hybridized carbons (Fsp3) is 0.240. The van der Waals surface area contributed by atoms with Gasteiger partial charge in [-0.25, -0.2) is 0 Å². The number of hydrogen-bond donors (Lipinski definition) is 1. The number of amides is 1. The van der Waals surface area contributed by atoms with E-state index in [0.29, 0.717) is 55.8 Å². The van der Waals surface area contributed by atoms with Gasteiger partial charge in [0.05, 0.1) is 6.61 Å². The molecule has 3 aromatic rings. The number of hydrogen-bond acceptors (Lipinski definition) is 5. The Labute approximate surface area is 182 Å². The molecule has 0 bridgehead atoms. The highest BCUT2D eigenvalue weighted by Gasteiger charge is 2.07. The minimum Gasteiger partial charge on any atom is -0.491 e. The van der Waals surface area contributed by atoms with Crippen LogP contribution in [-0.4, -0.2) is 38.9 Å². The van der Waals surface area contributed by atoms with Crippen molar-refractivity contribution in [2.24, 2.45) is 0 Å². The van der Waals surface area contributed by atoms with Gasteiger partial charge in [0.2, 0.25) is 0 Å². The first-order chi connectivity index (χ1) is 15.2. The van der Waals surface area contributed by atoms with Crippen molar-refractivity contribution in [3.8, 4) is 17.2 Å². The molecule has 3 rings (SSSR count). The van der Waals surface area contributed by atoms with Crippen LogP contribution < -0.4 is 19.5 Å². The molecule has 0 radical (unpaired) electrons. The quantitative estimate of drug-likeness (QED) is 0.425. The summed E-state index contributed by atoms with van der Waals surface area (Å²) in [5.41, 5.74) is 1.20. The van der Waals surface area contributed by atoms with Crippen LogP contribution in [0.1, 0.15) is 17.3 Å². The molecule has 0 spiro atoms. The van der Waals surface area contributed by atoms with Crippen LogP contribution in [0.4, 0.5) is 5.69 Å². The van der Waals surface area contributed by atoms with Gasteiger partial charge < -0.3 is 24.3 Å². The van der Waals surface area contributed by atoms with E-state index in [9.17, 15) is 4.79 Å². The van der Waals surface area contributed by atoms with Gasteiger partial charge in [0, 0.05) is 23.9 Å². The van der Waals surface area contributed by atoms with Crippen molar-refractivity contribution in [2.75, 3.05) is 38.4 Å². The number of anilines is 1. The molecule has 0 aliphatic heterocycles. The summed E-state index contributed by atoms with van der Waals surface area (Å²) in [6, 6.07) is 23.9. The van der Waals surface area contributed by atoms with E-state index in [4.69, 9.17) is 18.9 Å². The third kappa shape index (κ3) is 7.68. The lowest BCUT2D eigenvalue weighted by atomic mass is 10.2. The molecule has 0 saturated heterocycles. The molecule has 1 N–H and O–H groups in total. The van der Waals surface area contributed by atoms with E-state index in [1.165, 1.54) is 0 Å². The van der Waals surface area contributed by atoms with Gasteiger partial charge in [0.1, 0.15) is 37.1 Å². The second-order valence-electron chi connectivity index (χ2n) is 6.56. The Hall–Kier alpha value is -3.51. The molecule has 0 heterocycles. The highest BCUT2D eigenvalue weighted by molar-refractivity contribution is 6.04. The minimum absolute atomic E-state index is 0.203. The summed E-state index contributed by atoms with van der Waals surface area (Å²) in [6.07, 6.45) is 0. The van der Waals surface area contributed by atoms with Crippen LogP contribution in [-0.2, 0) is 4.74 Å². The van der Waals surface area contributed by atoms with Gasteiger partial charge >= 0.3 is 0 Å². The lowest BCUT2D eigenvalue weighted by Gasteiger charge is -2.10. The Morgan fingerprint density at radius 2 is 1.32 bits per heavy atom. The second kappa shape index (κ2) is 12.2. The van der Waals surface area contributed by atoms with Crippen molar-refractivity contribution in [3.63, 3.8) is 0 Å². The van der Waals surface area contributed by atoms with E-state index in [1.807, 2.05) is 55.5 Å².